The first kappa shape index (κ1) is 9.86. The highest BCUT2D eigenvalue weighted by Gasteiger charge is 2.10. The third-order valence-corrected chi connectivity index (χ3v) is 2.38. The Kier molecular flexibility index (Phi) is 2.28. The molecule has 0 aliphatic carbocycles. The zero-order chi connectivity index (χ0) is 11.0. The molecular weight excluding hydrogens is 218 g/mol. The Morgan fingerprint density at radius 2 is 2.20 bits per heavy atom. The van der Waals surface area contributed by atoms with E-state index in [4.69, 9.17) is 16.7 Å². The van der Waals surface area contributed by atoms with Gasteiger partial charge in [-0.05, 0) is 11.6 Å². The van der Waals surface area contributed by atoms with E-state index in [0.717, 1.165) is 0 Å². The molecule has 0 saturated heterocycles. The summed E-state index contributed by atoms with van der Waals surface area (Å²) < 4.78 is 0. The van der Waals surface area contributed by atoms with Crippen molar-refractivity contribution in [2.24, 2.45) is 0 Å². The van der Waals surface area contributed by atoms with Crippen LogP contribution in [0.2, 0.25) is 5.02 Å². The Morgan fingerprint density at radius 1 is 1.47 bits per heavy atom. The van der Waals surface area contributed by atoms with Crippen molar-refractivity contribution in [2.75, 3.05) is 0 Å². The predicted octanol–water partition coefficient (Wildman–Crippen LogP) is 2.15. The van der Waals surface area contributed by atoms with E-state index in [1.807, 2.05) is 0 Å². The summed E-state index contributed by atoms with van der Waals surface area (Å²) in [6.07, 6.45) is 1.47. The van der Waals surface area contributed by atoms with E-state index in [0.29, 0.717) is 21.5 Å². The maximum atomic E-state index is 10.6. The first-order valence-corrected chi connectivity index (χ1v) is 4.66. The zero-order valence-corrected chi connectivity index (χ0v) is 8.38. The number of nitrogens with one attached hydrogen (secondary N) is 1. The van der Waals surface area contributed by atoms with Gasteiger partial charge in [-0.1, -0.05) is 11.6 Å². The van der Waals surface area contributed by atoms with Crippen molar-refractivity contribution >= 4 is 28.5 Å². The summed E-state index contributed by atoms with van der Waals surface area (Å²) in [6, 6.07) is 3.04. The number of halogens is 1. The molecule has 0 unspecified atom stereocenters. The van der Waals surface area contributed by atoms with Gasteiger partial charge >= 0.3 is 5.97 Å². The third-order valence-electron chi connectivity index (χ3n) is 2.16. The van der Waals surface area contributed by atoms with Gasteiger partial charge in [0.2, 0.25) is 0 Å². The lowest BCUT2D eigenvalue weighted by molar-refractivity contribution is -0.136. The number of carboxylic acid groups (broad SMARTS) is 1. The maximum absolute atomic E-state index is 10.6. The van der Waals surface area contributed by atoms with E-state index in [1.54, 1.807) is 12.3 Å². The van der Waals surface area contributed by atoms with Crippen molar-refractivity contribution in [1.82, 2.24) is 4.98 Å². The van der Waals surface area contributed by atoms with E-state index in [9.17, 15) is 9.90 Å². The summed E-state index contributed by atoms with van der Waals surface area (Å²) in [5, 5.41) is 19.2. The number of hydrogen-bond acceptors (Lipinski definition) is 2. The number of aromatic nitrogens is 1. The minimum Gasteiger partial charge on any atom is -0.506 e. The molecule has 0 fully saturated rings. The van der Waals surface area contributed by atoms with E-state index in [-0.39, 0.29) is 12.2 Å². The Bertz CT molecular complexity index is 533. The molecule has 1 heterocycles. The van der Waals surface area contributed by atoms with Gasteiger partial charge < -0.3 is 15.2 Å². The van der Waals surface area contributed by atoms with Gasteiger partial charge in [-0.15, -0.1) is 0 Å². The maximum Gasteiger partial charge on any atom is 0.307 e. The molecule has 15 heavy (non-hydrogen) atoms. The Balaban J connectivity index is 2.63. The number of carbonyl (C=O) groups is 1. The van der Waals surface area contributed by atoms with Gasteiger partial charge in [0, 0.05) is 22.7 Å². The second-order valence-electron chi connectivity index (χ2n) is 3.23. The van der Waals surface area contributed by atoms with Gasteiger partial charge in [-0.3, -0.25) is 4.79 Å². The SMILES string of the molecule is O=C(O)Cc1c[nH]c2c(O)cc(Cl)cc12. The van der Waals surface area contributed by atoms with Gasteiger partial charge in [-0.25, -0.2) is 0 Å². The topological polar surface area (TPSA) is 73.3 Å². The van der Waals surface area contributed by atoms with Crippen LogP contribution in [-0.2, 0) is 11.2 Å². The van der Waals surface area contributed by atoms with Crippen molar-refractivity contribution in [3.8, 4) is 5.75 Å². The predicted molar refractivity (Wildman–Crippen MR) is 56.3 cm³/mol. The smallest absolute Gasteiger partial charge is 0.307 e. The summed E-state index contributed by atoms with van der Waals surface area (Å²) in [6.45, 7) is 0. The molecule has 0 radical (unpaired) electrons. The van der Waals surface area contributed by atoms with E-state index < -0.39 is 5.97 Å². The molecule has 0 aliphatic heterocycles. The van der Waals surface area contributed by atoms with Crippen molar-refractivity contribution in [2.45, 2.75) is 6.42 Å². The van der Waals surface area contributed by atoms with Crippen molar-refractivity contribution in [3.63, 3.8) is 0 Å². The van der Waals surface area contributed by atoms with Gasteiger partial charge in [0.05, 0.1) is 11.9 Å². The standard InChI is InChI=1S/C10H8ClNO3/c11-6-2-7-5(1-9(14)15)4-12-10(7)8(13)3-6/h2-4,12-13H,1H2,(H,14,15). The van der Waals surface area contributed by atoms with Crippen LogP contribution < -0.4 is 0 Å². The molecule has 0 spiro atoms. The molecule has 0 atom stereocenters. The lowest BCUT2D eigenvalue weighted by atomic mass is 10.1. The number of carboxylic acids is 1. The molecule has 2 rings (SSSR count). The fourth-order valence-corrected chi connectivity index (χ4v) is 1.76. The van der Waals surface area contributed by atoms with Crippen LogP contribution in [0.15, 0.2) is 18.3 Å². The molecule has 78 valence electrons. The van der Waals surface area contributed by atoms with Crippen molar-refractivity contribution < 1.29 is 15.0 Å². The number of fused-ring (bicyclic) bond motifs is 1. The van der Waals surface area contributed by atoms with Crippen LogP contribution in [-0.4, -0.2) is 21.2 Å². The number of phenolic OH excluding ortho intramolecular Hbond substituents is 1. The van der Waals surface area contributed by atoms with Crippen LogP contribution in [0.4, 0.5) is 0 Å². The average molecular weight is 226 g/mol. The minimum atomic E-state index is -0.921. The second kappa shape index (κ2) is 3.47. The molecule has 4 nitrogen and oxygen atoms in total. The number of H-pyrrole nitrogens is 1. The van der Waals surface area contributed by atoms with Crippen LogP contribution in [0.3, 0.4) is 0 Å². The van der Waals surface area contributed by atoms with Crippen LogP contribution in [0, 0.1) is 0 Å². The number of rotatable bonds is 2. The molecule has 0 bridgehead atoms. The lowest BCUT2D eigenvalue weighted by Crippen LogP contribution is -1.98. The van der Waals surface area contributed by atoms with Crippen LogP contribution >= 0.6 is 11.6 Å². The summed E-state index contributed by atoms with van der Waals surface area (Å²) in [5.41, 5.74) is 1.12. The fourth-order valence-electron chi connectivity index (χ4n) is 1.54. The van der Waals surface area contributed by atoms with Crippen molar-refractivity contribution in [3.05, 3.63) is 28.9 Å². The van der Waals surface area contributed by atoms with Crippen LogP contribution in [0.1, 0.15) is 5.56 Å². The van der Waals surface area contributed by atoms with Gasteiger partial charge in [0.15, 0.2) is 0 Å². The molecule has 0 saturated carbocycles. The molecule has 2 aromatic rings. The summed E-state index contributed by atoms with van der Waals surface area (Å²) >= 11 is 5.77. The average Bonchev–Trinajstić information content (AvgIpc) is 2.48. The van der Waals surface area contributed by atoms with E-state index >= 15 is 0 Å². The van der Waals surface area contributed by atoms with Crippen LogP contribution in [0.25, 0.3) is 10.9 Å². The molecule has 1 aromatic heterocycles. The molecular formula is C10H8ClNO3. The molecule has 5 heteroatoms. The normalized spacial score (nSPS) is 10.7. The van der Waals surface area contributed by atoms with Gasteiger partial charge in [0.25, 0.3) is 0 Å². The Labute approximate surface area is 90.1 Å². The van der Waals surface area contributed by atoms with E-state index in [1.165, 1.54) is 6.07 Å². The fraction of sp³-hybridized carbons (Fsp3) is 0.100. The van der Waals surface area contributed by atoms with Crippen LogP contribution in [0.5, 0.6) is 5.75 Å². The Hall–Kier alpha value is -1.68. The molecule has 1 aromatic carbocycles. The largest absolute Gasteiger partial charge is 0.506 e. The highest BCUT2D eigenvalue weighted by molar-refractivity contribution is 6.31. The number of benzene rings is 1. The molecule has 3 N–H and O–H groups in total. The van der Waals surface area contributed by atoms with Gasteiger partial charge in [0.1, 0.15) is 5.75 Å². The molecule has 0 amide bonds. The summed E-state index contributed by atoms with van der Waals surface area (Å²) in [7, 11) is 0. The first-order valence-electron chi connectivity index (χ1n) is 4.28. The van der Waals surface area contributed by atoms with E-state index in [2.05, 4.69) is 4.98 Å². The highest BCUT2D eigenvalue weighted by Crippen LogP contribution is 2.30. The number of hydrogen-bond donors (Lipinski definition) is 3. The quantitative estimate of drug-likeness (QED) is 0.733. The number of aliphatic carboxylic acids is 1. The monoisotopic (exact) mass is 225 g/mol. The number of aromatic hydroxyl groups is 1. The number of phenols is 1. The number of aromatic amines is 1. The summed E-state index contributed by atoms with van der Waals surface area (Å²) in [5.74, 6) is -0.899. The van der Waals surface area contributed by atoms with Gasteiger partial charge in [-0.2, -0.15) is 0 Å². The second-order valence-corrected chi connectivity index (χ2v) is 3.67. The summed E-state index contributed by atoms with van der Waals surface area (Å²) in [4.78, 5) is 13.4. The van der Waals surface area contributed by atoms with Crippen molar-refractivity contribution in [1.29, 1.82) is 0 Å². The zero-order valence-electron chi connectivity index (χ0n) is 7.62. The Morgan fingerprint density at radius 3 is 2.87 bits per heavy atom. The first-order chi connectivity index (χ1) is 7.08. The third kappa shape index (κ3) is 1.76. The molecule has 0 aliphatic rings. The lowest BCUT2D eigenvalue weighted by Gasteiger charge is -1.98. The highest BCUT2D eigenvalue weighted by atomic mass is 35.5. The minimum absolute atomic E-state index is 0.0224.